The van der Waals surface area contributed by atoms with Crippen molar-refractivity contribution >= 4 is 11.7 Å². The van der Waals surface area contributed by atoms with Gasteiger partial charge in [0.15, 0.2) is 0 Å². The summed E-state index contributed by atoms with van der Waals surface area (Å²) in [4.78, 5) is 24.9. The molecule has 1 amide bonds. The van der Waals surface area contributed by atoms with Crippen molar-refractivity contribution in [1.29, 1.82) is 0 Å². The van der Waals surface area contributed by atoms with Gasteiger partial charge in [-0.3, -0.25) is 9.78 Å². The van der Waals surface area contributed by atoms with Gasteiger partial charge in [-0.2, -0.15) is 0 Å². The van der Waals surface area contributed by atoms with Crippen molar-refractivity contribution in [1.82, 2.24) is 20.3 Å². The summed E-state index contributed by atoms with van der Waals surface area (Å²) in [5.74, 6) is 0.228. The monoisotopic (exact) mass is 283 g/mol. The number of aryl methyl sites for hydroxylation is 1. The van der Waals surface area contributed by atoms with Gasteiger partial charge in [0.05, 0.1) is 24.1 Å². The van der Waals surface area contributed by atoms with Gasteiger partial charge in [0.1, 0.15) is 11.5 Å². The van der Waals surface area contributed by atoms with Crippen LogP contribution in [0, 0.1) is 6.92 Å². The minimum Gasteiger partial charge on any atom is -0.309 e. The zero-order chi connectivity index (χ0) is 14.7. The lowest BCUT2D eigenvalue weighted by molar-refractivity contribution is 0.102. The fourth-order valence-electron chi connectivity index (χ4n) is 2.38. The Bertz CT molecular complexity index is 652. The molecule has 0 unspecified atom stereocenters. The topological polar surface area (TPSA) is 79.8 Å². The molecule has 0 aromatic carbocycles. The second-order valence-corrected chi connectivity index (χ2v) is 5.15. The first-order chi connectivity index (χ1) is 10.2. The molecule has 2 N–H and O–H groups in total. The van der Waals surface area contributed by atoms with Crippen LogP contribution in [-0.2, 0) is 0 Å². The van der Waals surface area contributed by atoms with Gasteiger partial charge in [0.25, 0.3) is 5.91 Å². The Morgan fingerprint density at radius 1 is 1.43 bits per heavy atom. The van der Waals surface area contributed by atoms with Crippen molar-refractivity contribution in [2.24, 2.45) is 0 Å². The lowest BCUT2D eigenvalue weighted by Crippen LogP contribution is -2.19. The molecule has 0 aliphatic carbocycles. The highest BCUT2D eigenvalue weighted by Gasteiger charge is 2.19. The number of carbonyl (C=O) groups is 1. The van der Waals surface area contributed by atoms with Crippen LogP contribution in [-0.4, -0.2) is 27.4 Å². The summed E-state index contributed by atoms with van der Waals surface area (Å²) in [5.41, 5.74) is 2.16. The number of amides is 1. The summed E-state index contributed by atoms with van der Waals surface area (Å²) in [7, 11) is 0. The Morgan fingerprint density at radius 3 is 3.10 bits per heavy atom. The first kappa shape index (κ1) is 13.6. The van der Waals surface area contributed by atoms with Crippen molar-refractivity contribution in [3.05, 3.63) is 47.7 Å². The molecule has 3 heterocycles. The highest BCUT2D eigenvalue weighted by molar-refractivity contribution is 6.02. The van der Waals surface area contributed by atoms with E-state index < -0.39 is 0 Å². The first-order valence-electron chi connectivity index (χ1n) is 7.02. The van der Waals surface area contributed by atoms with Crippen molar-refractivity contribution < 1.29 is 4.79 Å². The molecule has 0 radical (unpaired) electrons. The van der Waals surface area contributed by atoms with Crippen LogP contribution in [0.2, 0.25) is 0 Å². The van der Waals surface area contributed by atoms with Gasteiger partial charge in [-0.1, -0.05) is 0 Å². The molecule has 1 atom stereocenters. The van der Waals surface area contributed by atoms with E-state index in [1.807, 2.05) is 19.1 Å². The molecule has 0 bridgehead atoms. The first-order valence-corrected chi connectivity index (χ1v) is 7.02. The fraction of sp³-hybridized carbons (Fsp3) is 0.333. The molecule has 0 spiro atoms. The molecule has 6 nitrogen and oxygen atoms in total. The summed E-state index contributed by atoms with van der Waals surface area (Å²) >= 11 is 0. The SMILES string of the molecule is Cc1ccnc(NC(=O)c2cncc([C@H]3CCCN3)n2)c1. The molecule has 3 rings (SSSR count). The van der Waals surface area contributed by atoms with Gasteiger partial charge in [-0.05, 0) is 44.0 Å². The number of pyridine rings is 1. The largest absolute Gasteiger partial charge is 0.309 e. The van der Waals surface area contributed by atoms with Gasteiger partial charge in [0, 0.05) is 6.20 Å². The van der Waals surface area contributed by atoms with Crippen LogP contribution in [0.25, 0.3) is 0 Å². The number of carbonyl (C=O) groups excluding carboxylic acids is 1. The number of aromatic nitrogens is 3. The van der Waals surface area contributed by atoms with Crippen molar-refractivity contribution in [2.75, 3.05) is 11.9 Å². The summed E-state index contributed by atoms with van der Waals surface area (Å²) in [6.07, 6.45) is 7.00. The van der Waals surface area contributed by atoms with E-state index in [1.165, 1.54) is 6.20 Å². The lowest BCUT2D eigenvalue weighted by atomic mass is 10.1. The third kappa shape index (κ3) is 3.22. The van der Waals surface area contributed by atoms with E-state index in [-0.39, 0.29) is 11.9 Å². The van der Waals surface area contributed by atoms with Crippen LogP contribution >= 0.6 is 0 Å². The zero-order valence-corrected chi connectivity index (χ0v) is 11.8. The van der Waals surface area contributed by atoms with E-state index in [4.69, 9.17) is 0 Å². The third-order valence-corrected chi connectivity index (χ3v) is 3.46. The number of nitrogens with zero attached hydrogens (tertiary/aromatic N) is 3. The Morgan fingerprint density at radius 2 is 2.33 bits per heavy atom. The van der Waals surface area contributed by atoms with Crippen LogP contribution in [0.3, 0.4) is 0 Å². The molecule has 1 fully saturated rings. The Labute approximate surface area is 123 Å². The third-order valence-electron chi connectivity index (χ3n) is 3.46. The predicted molar refractivity (Wildman–Crippen MR) is 78.9 cm³/mol. The summed E-state index contributed by atoms with van der Waals surface area (Å²) in [5, 5.41) is 6.09. The number of hydrogen-bond acceptors (Lipinski definition) is 5. The van der Waals surface area contributed by atoms with Crippen molar-refractivity contribution in [3.8, 4) is 0 Å². The zero-order valence-electron chi connectivity index (χ0n) is 11.8. The molecule has 6 heteroatoms. The van der Waals surface area contributed by atoms with Crippen molar-refractivity contribution in [3.63, 3.8) is 0 Å². The summed E-state index contributed by atoms with van der Waals surface area (Å²) in [6.45, 7) is 2.93. The maximum atomic E-state index is 12.2. The van der Waals surface area contributed by atoms with E-state index in [0.29, 0.717) is 11.5 Å². The maximum absolute atomic E-state index is 12.2. The van der Waals surface area contributed by atoms with Crippen LogP contribution in [0.4, 0.5) is 5.82 Å². The Balaban J connectivity index is 1.76. The molecule has 21 heavy (non-hydrogen) atoms. The van der Waals surface area contributed by atoms with Gasteiger partial charge in [0.2, 0.25) is 0 Å². The second kappa shape index (κ2) is 5.97. The van der Waals surface area contributed by atoms with E-state index in [0.717, 1.165) is 30.6 Å². The van der Waals surface area contributed by atoms with Crippen molar-refractivity contribution in [2.45, 2.75) is 25.8 Å². The number of rotatable bonds is 3. The van der Waals surface area contributed by atoms with Gasteiger partial charge >= 0.3 is 0 Å². The van der Waals surface area contributed by atoms with E-state index in [1.54, 1.807) is 12.4 Å². The molecular formula is C15H17N5O. The average Bonchev–Trinajstić information content (AvgIpc) is 3.02. The highest BCUT2D eigenvalue weighted by Crippen LogP contribution is 2.20. The smallest absolute Gasteiger partial charge is 0.277 e. The maximum Gasteiger partial charge on any atom is 0.277 e. The summed E-state index contributed by atoms with van der Waals surface area (Å²) < 4.78 is 0. The minimum absolute atomic E-state index is 0.197. The molecule has 1 aliphatic heterocycles. The minimum atomic E-state index is -0.291. The van der Waals surface area contributed by atoms with Crippen LogP contribution in [0.1, 0.15) is 40.6 Å². The quantitative estimate of drug-likeness (QED) is 0.898. The van der Waals surface area contributed by atoms with Crippen LogP contribution in [0.15, 0.2) is 30.7 Å². The molecular weight excluding hydrogens is 266 g/mol. The Kier molecular flexibility index (Phi) is 3.87. The van der Waals surface area contributed by atoms with E-state index in [9.17, 15) is 4.79 Å². The molecule has 2 aromatic heterocycles. The molecule has 2 aromatic rings. The highest BCUT2D eigenvalue weighted by atomic mass is 16.1. The van der Waals surface area contributed by atoms with E-state index >= 15 is 0 Å². The van der Waals surface area contributed by atoms with Crippen LogP contribution < -0.4 is 10.6 Å². The van der Waals surface area contributed by atoms with Gasteiger partial charge < -0.3 is 10.6 Å². The number of hydrogen-bond donors (Lipinski definition) is 2. The molecule has 1 aliphatic rings. The molecule has 0 saturated carbocycles. The average molecular weight is 283 g/mol. The van der Waals surface area contributed by atoms with E-state index in [2.05, 4.69) is 25.6 Å². The second-order valence-electron chi connectivity index (χ2n) is 5.15. The predicted octanol–water partition coefficient (Wildman–Crippen LogP) is 1.86. The number of anilines is 1. The Hall–Kier alpha value is -2.34. The molecule has 1 saturated heterocycles. The fourth-order valence-corrected chi connectivity index (χ4v) is 2.38. The van der Waals surface area contributed by atoms with Gasteiger partial charge in [-0.25, -0.2) is 9.97 Å². The van der Waals surface area contributed by atoms with Crippen LogP contribution in [0.5, 0.6) is 0 Å². The van der Waals surface area contributed by atoms with Gasteiger partial charge in [-0.15, -0.1) is 0 Å². The molecule has 108 valence electrons. The standard InChI is InChI=1S/C15H17N5O/c1-10-4-6-18-14(7-10)20-15(21)13-9-16-8-12(19-13)11-3-2-5-17-11/h4,6-9,11,17H,2-3,5H2,1H3,(H,18,20,21)/t11-/m1/s1. The lowest BCUT2D eigenvalue weighted by Gasteiger charge is -2.10. The number of nitrogens with one attached hydrogen (secondary N) is 2. The normalized spacial score (nSPS) is 17.7. The summed E-state index contributed by atoms with van der Waals surface area (Å²) in [6, 6.07) is 3.89.